The van der Waals surface area contributed by atoms with E-state index in [1.807, 2.05) is 0 Å². The third-order valence-corrected chi connectivity index (χ3v) is 4.57. The Morgan fingerprint density at radius 2 is 2.13 bits per heavy atom. The molecule has 7 heteroatoms. The van der Waals surface area contributed by atoms with E-state index in [1.54, 1.807) is 6.07 Å². The maximum atomic E-state index is 10.9. The van der Waals surface area contributed by atoms with Crippen LogP contribution in [0, 0.1) is 21.4 Å². The lowest BCUT2D eigenvalue weighted by Gasteiger charge is -2.34. The number of nitrogens with zero attached hydrogens (tertiary/aromatic N) is 4. The molecule has 2 aliphatic rings. The quantitative estimate of drug-likeness (QED) is 0.622. The number of anilines is 1. The fourth-order valence-electron chi connectivity index (χ4n) is 3.40. The number of non-ortho nitro benzene ring substituents is 1. The van der Waals surface area contributed by atoms with E-state index in [2.05, 4.69) is 15.9 Å². The van der Waals surface area contributed by atoms with Crippen LogP contribution in [0.15, 0.2) is 18.2 Å². The Labute approximate surface area is 135 Å². The monoisotopic (exact) mass is 316 g/mol. The summed E-state index contributed by atoms with van der Waals surface area (Å²) in [5.41, 5.74) is 1.16. The largest absolute Gasteiger partial charge is 0.379 e. The molecule has 0 spiro atoms. The summed E-state index contributed by atoms with van der Waals surface area (Å²) in [6.45, 7) is 5.26. The van der Waals surface area contributed by atoms with Crippen molar-refractivity contribution in [1.29, 1.82) is 5.26 Å². The first-order valence-corrected chi connectivity index (χ1v) is 7.94. The number of benzene rings is 1. The van der Waals surface area contributed by atoms with Crippen molar-refractivity contribution in [3.8, 4) is 6.07 Å². The molecule has 1 atom stereocenters. The minimum absolute atomic E-state index is 0.0331. The summed E-state index contributed by atoms with van der Waals surface area (Å²) in [7, 11) is 0. The van der Waals surface area contributed by atoms with Crippen LogP contribution in [0.2, 0.25) is 0 Å². The van der Waals surface area contributed by atoms with E-state index < -0.39 is 4.92 Å². The van der Waals surface area contributed by atoms with E-state index in [0.717, 1.165) is 57.9 Å². The number of ether oxygens (including phenoxy) is 1. The van der Waals surface area contributed by atoms with Gasteiger partial charge in [-0.1, -0.05) is 0 Å². The summed E-state index contributed by atoms with van der Waals surface area (Å²) in [5, 5.41) is 20.3. The molecule has 3 rings (SSSR count). The molecule has 0 amide bonds. The maximum absolute atomic E-state index is 10.9. The van der Waals surface area contributed by atoms with Gasteiger partial charge in [0.05, 0.1) is 29.4 Å². The van der Waals surface area contributed by atoms with Gasteiger partial charge in [0.15, 0.2) is 0 Å². The van der Waals surface area contributed by atoms with Crippen LogP contribution in [-0.2, 0) is 4.74 Å². The summed E-state index contributed by atoms with van der Waals surface area (Å²) < 4.78 is 5.39. The van der Waals surface area contributed by atoms with Gasteiger partial charge in [-0.3, -0.25) is 15.0 Å². The fraction of sp³-hybridized carbons (Fsp3) is 0.562. The molecule has 0 aliphatic carbocycles. The highest BCUT2D eigenvalue weighted by molar-refractivity contribution is 5.64. The average Bonchev–Trinajstić information content (AvgIpc) is 3.03. The van der Waals surface area contributed by atoms with Crippen molar-refractivity contribution >= 4 is 11.4 Å². The lowest BCUT2D eigenvalue weighted by molar-refractivity contribution is -0.384. The molecule has 0 radical (unpaired) electrons. The maximum Gasteiger partial charge on any atom is 0.270 e. The van der Waals surface area contributed by atoms with Crippen LogP contribution in [0.3, 0.4) is 0 Å². The second-order valence-electron chi connectivity index (χ2n) is 5.97. The second kappa shape index (κ2) is 6.94. The summed E-state index contributed by atoms with van der Waals surface area (Å²) in [5.74, 6) is 0. The first-order valence-electron chi connectivity index (χ1n) is 7.94. The van der Waals surface area contributed by atoms with Crippen molar-refractivity contribution in [3.05, 3.63) is 33.9 Å². The molecule has 2 heterocycles. The standard InChI is InChI=1S/C16H20N4O3/c17-11-13-10-14(20(21)22)3-4-16(13)19-5-1-2-15(19)12-18-6-8-23-9-7-18/h3-4,10,15H,1-2,5-9,12H2/t15-/m0/s1. The van der Waals surface area contributed by atoms with E-state index in [1.165, 1.54) is 12.1 Å². The molecule has 7 nitrogen and oxygen atoms in total. The Kier molecular flexibility index (Phi) is 4.74. The zero-order valence-corrected chi connectivity index (χ0v) is 13.0. The van der Waals surface area contributed by atoms with Gasteiger partial charge in [0.2, 0.25) is 0 Å². The molecule has 0 saturated carbocycles. The van der Waals surface area contributed by atoms with Gasteiger partial charge in [0.1, 0.15) is 6.07 Å². The lowest BCUT2D eigenvalue weighted by Crippen LogP contribution is -2.45. The third-order valence-electron chi connectivity index (χ3n) is 4.57. The Bertz CT molecular complexity index is 622. The molecule has 0 aromatic heterocycles. The van der Waals surface area contributed by atoms with Crippen LogP contribution in [-0.4, -0.2) is 55.3 Å². The summed E-state index contributed by atoms with van der Waals surface area (Å²) >= 11 is 0. The molecule has 0 bridgehead atoms. The van der Waals surface area contributed by atoms with Gasteiger partial charge < -0.3 is 9.64 Å². The van der Waals surface area contributed by atoms with Crippen molar-refractivity contribution in [2.24, 2.45) is 0 Å². The molecule has 2 aliphatic heterocycles. The number of morpholine rings is 1. The molecule has 1 aromatic rings. The molecule has 1 aromatic carbocycles. The normalized spacial score (nSPS) is 22.0. The number of rotatable bonds is 4. The molecule has 23 heavy (non-hydrogen) atoms. The predicted molar refractivity (Wildman–Crippen MR) is 85.4 cm³/mol. The minimum atomic E-state index is -0.459. The zero-order chi connectivity index (χ0) is 16.2. The van der Waals surface area contributed by atoms with Crippen molar-refractivity contribution in [2.45, 2.75) is 18.9 Å². The number of hydrogen-bond acceptors (Lipinski definition) is 6. The molecule has 2 saturated heterocycles. The summed E-state index contributed by atoms with van der Waals surface area (Å²) in [6.07, 6.45) is 2.16. The van der Waals surface area contributed by atoms with E-state index in [0.29, 0.717) is 11.6 Å². The molecule has 0 unspecified atom stereocenters. The van der Waals surface area contributed by atoms with Crippen LogP contribution in [0.5, 0.6) is 0 Å². The van der Waals surface area contributed by atoms with Crippen LogP contribution >= 0.6 is 0 Å². The molecule has 122 valence electrons. The van der Waals surface area contributed by atoms with E-state index in [4.69, 9.17) is 4.74 Å². The minimum Gasteiger partial charge on any atom is -0.379 e. The predicted octanol–water partition coefficient (Wildman–Crippen LogP) is 1.77. The molecular weight excluding hydrogens is 296 g/mol. The highest BCUT2D eigenvalue weighted by atomic mass is 16.6. The summed E-state index contributed by atoms with van der Waals surface area (Å²) in [4.78, 5) is 15.1. The van der Waals surface area contributed by atoms with Crippen LogP contribution < -0.4 is 4.90 Å². The SMILES string of the molecule is N#Cc1cc([N+](=O)[O-])ccc1N1CCC[C@H]1CN1CCOCC1. The molecule has 2 fully saturated rings. The van der Waals surface area contributed by atoms with Gasteiger partial charge in [-0.05, 0) is 18.9 Å². The van der Waals surface area contributed by atoms with E-state index >= 15 is 0 Å². The second-order valence-corrected chi connectivity index (χ2v) is 5.97. The van der Waals surface area contributed by atoms with Gasteiger partial charge >= 0.3 is 0 Å². The number of hydrogen-bond donors (Lipinski definition) is 0. The molecule has 0 N–H and O–H groups in total. The third kappa shape index (κ3) is 3.44. The van der Waals surface area contributed by atoms with Crippen LogP contribution in [0.4, 0.5) is 11.4 Å². The van der Waals surface area contributed by atoms with E-state index in [9.17, 15) is 15.4 Å². The Morgan fingerprint density at radius 1 is 1.35 bits per heavy atom. The number of nitro benzene ring substituents is 1. The lowest BCUT2D eigenvalue weighted by atomic mass is 10.1. The van der Waals surface area contributed by atoms with Gasteiger partial charge in [-0.2, -0.15) is 5.26 Å². The molecular formula is C16H20N4O3. The van der Waals surface area contributed by atoms with Gasteiger partial charge in [0.25, 0.3) is 5.69 Å². The van der Waals surface area contributed by atoms with Crippen molar-refractivity contribution in [3.63, 3.8) is 0 Å². The van der Waals surface area contributed by atoms with Crippen LogP contribution in [0.1, 0.15) is 18.4 Å². The van der Waals surface area contributed by atoms with Crippen LogP contribution in [0.25, 0.3) is 0 Å². The first-order chi connectivity index (χ1) is 11.2. The smallest absolute Gasteiger partial charge is 0.270 e. The zero-order valence-electron chi connectivity index (χ0n) is 13.0. The fourth-order valence-corrected chi connectivity index (χ4v) is 3.40. The van der Waals surface area contributed by atoms with Gasteiger partial charge in [0, 0.05) is 44.4 Å². The highest BCUT2D eigenvalue weighted by Crippen LogP contribution is 2.31. The van der Waals surface area contributed by atoms with Gasteiger partial charge in [-0.15, -0.1) is 0 Å². The Morgan fingerprint density at radius 3 is 2.83 bits per heavy atom. The highest BCUT2D eigenvalue weighted by Gasteiger charge is 2.29. The van der Waals surface area contributed by atoms with Gasteiger partial charge in [-0.25, -0.2) is 0 Å². The number of nitriles is 1. The van der Waals surface area contributed by atoms with Crippen molar-refractivity contribution < 1.29 is 9.66 Å². The van der Waals surface area contributed by atoms with Crippen molar-refractivity contribution in [1.82, 2.24) is 4.90 Å². The van der Waals surface area contributed by atoms with E-state index in [-0.39, 0.29) is 5.69 Å². The average molecular weight is 316 g/mol. The Hall–Kier alpha value is -2.17. The van der Waals surface area contributed by atoms with Crippen molar-refractivity contribution in [2.75, 3.05) is 44.3 Å². The number of nitro groups is 1. The Balaban J connectivity index is 1.79. The topological polar surface area (TPSA) is 82.6 Å². The first kappa shape index (κ1) is 15.7. The summed E-state index contributed by atoms with van der Waals surface area (Å²) in [6, 6.07) is 7.04.